The van der Waals surface area contributed by atoms with Crippen LogP contribution in [-0.4, -0.2) is 15.3 Å². The molecule has 0 aliphatic heterocycles. The molecule has 1 aromatic carbocycles. The van der Waals surface area contributed by atoms with Crippen molar-refractivity contribution < 1.29 is 4.79 Å². The van der Waals surface area contributed by atoms with Crippen molar-refractivity contribution in [1.82, 2.24) is 9.55 Å². The van der Waals surface area contributed by atoms with Crippen molar-refractivity contribution in [3.8, 4) is 0 Å². The second-order valence-corrected chi connectivity index (χ2v) is 6.55. The molecule has 0 N–H and O–H groups in total. The molecule has 0 atom stereocenters. The van der Waals surface area contributed by atoms with E-state index in [4.69, 9.17) is 4.98 Å². The molecule has 1 aliphatic rings. The van der Waals surface area contributed by atoms with E-state index < -0.39 is 0 Å². The van der Waals surface area contributed by atoms with Crippen LogP contribution in [0.25, 0.3) is 11.0 Å². The van der Waals surface area contributed by atoms with Crippen LogP contribution >= 0.6 is 0 Å². The topological polar surface area (TPSA) is 34.9 Å². The van der Waals surface area contributed by atoms with Gasteiger partial charge in [-0.3, -0.25) is 4.79 Å². The first kappa shape index (κ1) is 14.3. The number of Topliss-reactive ketones (excluding diaryl/α,β-unsaturated/α-hetero) is 1. The maximum absolute atomic E-state index is 11.6. The Balaban J connectivity index is 2.15. The van der Waals surface area contributed by atoms with Crippen LogP contribution in [0.3, 0.4) is 0 Å². The third-order valence-electron chi connectivity index (χ3n) is 4.58. The van der Waals surface area contributed by atoms with Crippen molar-refractivity contribution in [1.29, 1.82) is 0 Å². The Morgan fingerprint density at radius 3 is 2.57 bits per heavy atom. The van der Waals surface area contributed by atoms with Crippen molar-refractivity contribution in [2.45, 2.75) is 64.8 Å². The normalized spacial score (nSPS) is 16.8. The number of carbonyl (C=O) groups is 1. The second kappa shape index (κ2) is 5.63. The summed E-state index contributed by atoms with van der Waals surface area (Å²) in [5.74, 6) is 1.67. The number of benzene rings is 1. The van der Waals surface area contributed by atoms with Crippen molar-refractivity contribution in [2.75, 3.05) is 0 Å². The fraction of sp³-hybridized carbons (Fsp3) is 0.556. The number of rotatable bonds is 3. The van der Waals surface area contributed by atoms with E-state index in [1.807, 2.05) is 12.1 Å². The van der Waals surface area contributed by atoms with Gasteiger partial charge in [-0.2, -0.15) is 0 Å². The average molecular weight is 284 g/mol. The van der Waals surface area contributed by atoms with Crippen molar-refractivity contribution in [3.05, 3.63) is 29.6 Å². The van der Waals surface area contributed by atoms with Gasteiger partial charge in [0.25, 0.3) is 0 Å². The molecule has 3 rings (SSSR count). The minimum atomic E-state index is 0.107. The maximum Gasteiger partial charge on any atom is 0.159 e. The Kier molecular flexibility index (Phi) is 3.83. The van der Waals surface area contributed by atoms with E-state index in [1.165, 1.54) is 37.6 Å². The van der Waals surface area contributed by atoms with Gasteiger partial charge in [0.05, 0.1) is 11.0 Å². The number of hydrogen-bond acceptors (Lipinski definition) is 2. The summed E-state index contributed by atoms with van der Waals surface area (Å²) in [6.45, 7) is 6.02. The molecule has 3 heteroatoms. The summed E-state index contributed by atoms with van der Waals surface area (Å²) in [5.41, 5.74) is 2.92. The molecule has 2 aromatic rings. The molecule has 1 heterocycles. The molecule has 0 amide bonds. The van der Waals surface area contributed by atoms with Crippen molar-refractivity contribution in [2.24, 2.45) is 0 Å². The Hall–Kier alpha value is -1.64. The lowest BCUT2D eigenvalue weighted by molar-refractivity contribution is 0.101. The van der Waals surface area contributed by atoms with Gasteiger partial charge >= 0.3 is 0 Å². The summed E-state index contributed by atoms with van der Waals surface area (Å²) >= 11 is 0. The van der Waals surface area contributed by atoms with Crippen LogP contribution in [-0.2, 0) is 0 Å². The average Bonchev–Trinajstić information content (AvgIpc) is 2.86. The fourth-order valence-electron chi connectivity index (χ4n) is 3.47. The molecule has 0 saturated heterocycles. The van der Waals surface area contributed by atoms with Gasteiger partial charge in [0.15, 0.2) is 5.78 Å². The predicted molar refractivity (Wildman–Crippen MR) is 85.9 cm³/mol. The van der Waals surface area contributed by atoms with Crippen LogP contribution in [0.2, 0.25) is 0 Å². The molecule has 0 unspecified atom stereocenters. The standard InChI is InChI=1S/C18H24N2O/c1-12(2)18-19-16-11-14(13(3)21)9-10-17(16)20(18)15-7-5-4-6-8-15/h9-12,15H,4-8H2,1-3H3. The Morgan fingerprint density at radius 1 is 1.24 bits per heavy atom. The zero-order chi connectivity index (χ0) is 15.0. The fourth-order valence-corrected chi connectivity index (χ4v) is 3.47. The lowest BCUT2D eigenvalue weighted by Gasteiger charge is -2.26. The van der Waals surface area contributed by atoms with E-state index in [1.54, 1.807) is 6.92 Å². The summed E-state index contributed by atoms with van der Waals surface area (Å²) in [6.07, 6.45) is 6.48. The summed E-state index contributed by atoms with van der Waals surface area (Å²) in [4.78, 5) is 16.4. The predicted octanol–water partition coefficient (Wildman–Crippen LogP) is 4.87. The summed E-state index contributed by atoms with van der Waals surface area (Å²) in [7, 11) is 0. The number of fused-ring (bicyclic) bond motifs is 1. The molecule has 0 spiro atoms. The minimum Gasteiger partial charge on any atom is -0.325 e. The molecule has 21 heavy (non-hydrogen) atoms. The smallest absolute Gasteiger partial charge is 0.159 e. The first-order valence-corrected chi connectivity index (χ1v) is 8.10. The number of nitrogens with zero attached hydrogens (tertiary/aromatic N) is 2. The summed E-state index contributed by atoms with van der Waals surface area (Å²) in [5, 5.41) is 0. The lowest BCUT2D eigenvalue weighted by atomic mass is 9.94. The molecular formula is C18H24N2O. The van der Waals surface area contributed by atoms with Gasteiger partial charge in [0, 0.05) is 17.5 Å². The van der Waals surface area contributed by atoms with Gasteiger partial charge in [-0.15, -0.1) is 0 Å². The minimum absolute atomic E-state index is 0.107. The number of carbonyl (C=O) groups excluding carboxylic acids is 1. The van der Waals surface area contributed by atoms with Gasteiger partial charge < -0.3 is 4.57 Å². The largest absolute Gasteiger partial charge is 0.325 e. The molecule has 1 fully saturated rings. The molecule has 0 radical (unpaired) electrons. The van der Waals surface area contributed by atoms with Crippen LogP contribution < -0.4 is 0 Å². The van der Waals surface area contributed by atoms with E-state index in [2.05, 4.69) is 24.5 Å². The Labute approximate surface area is 126 Å². The summed E-state index contributed by atoms with van der Waals surface area (Å²) in [6, 6.07) is 6.54. The number of imidazole rings is 1. The molecule has 0 bridgehead atoms. The third kappa shape index (κ3) is 2.61. The van der Waals surface area contributed by atoms with E-state index in [0.717, 1.165) is 16.9 Å². The van der Waals surface area contributed by atoms with Gasteiger partial charge in [-0.25, -0.2) is 4.98 Å². The van der Waals surface area contributed by atoms with Gasteiger partial charge in [-0.1, -0.05) is 33.1 Å². The van der Waals surface area contributed by atoms with E-state index >= 15 is 0 Å². The van der Waals surface area contributed by atoms with Crippen LogP contribution in [0.15, 0.2) is 18.2 Å². The quantitative estimate of drug-likeness (QED) is 0.754. The third-order valence-corrected chi connectivity index (χ3v) is 4.58. The van der Waals surface area contributed by atoms with Crippen molar-refractivity contribution >= 4 is 16.8 Å². The highest BCUT2D eigenvalue weighted by atomic mass is 16.1. The zero-order valence-corrected chi connectivity index (χ0v) is 13.2. The van der Waals surface area contributed by atoms with Crippen LogP contribution in [0.4, 0.5) is 0 Å². The van der Waals surface area contributed by atoms with E-state index in [9.17, 15) is 4.79 Å². The van der Waals surface area contributed by atoms with Crippen molar-refractivity contribution in [3.63, 3.8) is 0 Å². The number of hydrogen-bond donors (Lipinski definition) is 0. The zero-order valence-electron chi connectivity index (χ0n) is 13.2. The van der Waals surface area contributed by atoms with E-state index in [0.29, 0.717) is 12.0 Å². The van der Waals surface area contributed by atoms with Crippen LogP contribution in [0, 0.1) is 0 Å². The van der Waals surface area contributed by atoms with Gasteiger partial charge in [0.1, 0.15) is 5.82 Å². The SMILES string of the molecule is CC(=O)c1ccc2c(c1)nc(C(C)C)n2C1CCCCC1. The van der Waals surface area contributed by atoms with E-state index in [-0.39, 0.29) is 5.78 Å². The molecule has 3 nitrogen and oxygen atoms in total. The highest BCUT2D eigenvalue weighted by Gasteiger charge is 2.22. The molecule has 1 aromatic heterocycles. The first-order valence-electron chi connectivity index (χ1n) is 8.10. The Morgan fingerprint density at radius 2 is 1.95 bits per heavy atom. The second-order valence-electron chi connectivity index (χ2n) is 6.55. The highest BCUT2D eigenvalue weighted by molar-refractivity contribution is 5.97. The first-order chi connectivity index (χ1) is 10.1. The molecule has 112 valence electrons. The highest BCUT2D eigenvalue weighted by Crippen LogP contribution is 2.34. The number of ketones is 1. The lowest BCUT2D eigenvalue weighted by Crippen LogP contribution is -2.16. The monoisotopic (exact) mass is 284 g/mol. The van der Waals surface area contributed by atoms with Gasteiger partial charge in [0.2, 0.25) is 0 Å². The van der Waals surface area contributed by atoms with Crippen LogP contribution in [0.1, 0.15) is 81.0 Å². The summed E-state index contributed by atoms with van der Waals surface area (Å²) < 4.78 is 2.45. The Bertz CT molecular complexity index is 663. The van der Waals surface area contributed by atoms with Crippen LogP contribution in [0.5, 0.6) is 0 Å². The molecule has 1 saturated carbocycles. The van der Waals surface area contributed by atoms with Gasteiger partial charge in [-0.05, 0) is 38.0 Å². The molecular weight excluding hydrogens is 260 g/mol. The maximum atomic E-state index is 11.6. The molecule has 1 aliphatic carbocycles. The number of aromatic nitrogens is 2.